The monoisotopic (exact) mass is 312 g/mol. The molecule has 0 saturated carbocycles. The molecule has 116 valence electrons. The van der Waals surface area contributed by atoms with Crippen LogP contribution >= 0.6 is 0 Å². The molecule has 0 unspecified atom stereocenters. The third-order valence-corrected chi connectivity index (χ3v) is 4.15. The Balaban J connectivity index is 2.76. The minimum absolute atomic E-state index is 0.0781. The first-order valence-electron chi connectivity index (χ1n) is 6.54. The number of sulfonamides is 1. The second-order valence-corrected chi connectivity index (χ2v) is 6.00. The lowest BCUT2D eigenvalue weighted by molar-refractivity contribution is -0.122. The molecule has 7 heteroatoms. The van der Waals surface area contributed by atoms with Gasteiger partial charge >= 0.3 is 0 Å². The molecular formula is C14H20N2O4S. The normalized spacial score (nSPS) is 12.5. The largest absolute Gasteiger partial charge is 0.494 e. The molecule has 1 aromatic rings. The van der Waals surface area contributed by atoms with Gasteiger partial charge in [0.15, 0.2) is 0 Å². The summed E-state index contributed by atoms with van der Waals surface area (Å²) in [5.41, 5.74) is 0. The van der Waals surface area contributed by atoms with Crippen LogP contribution < -0.4 is 14.8 Å². The van der Waals surface area contributed by atoms with Gasteiger partial charge in [0, 0.05) is 6.54 Å². The molecule has 21 heavy (non-hydrogen) atoms. The van der Waals surface area contributed by atoms with Crippen molar-refractivity contribution in [2.75, 3.05) is 13.2 Å². The summed E-state index contributed by atoms with van der Waals surface area (Å²) in [6.07, 6.45) is 1.52. The number of hydrogen-bond acceptors (Lipinski definition) is 4. The van der Waals surface area contributed by atoms with E-state index in [1.165, 1.54) is 25.1 Å². The minimum atomic E-state index is -3.75. The predicted molar refractivity (Wildman–Crippen MR) is 80.6 cm³/mol. The minimum Gasteiger partial charge on any atom is -0.494 e. The lowest BCUT2D eigenvalue weighted by Crippen LogP contribution is -2.44. The standard InChI is InChI=1S/C14H20N2O4S/c1-4-10-15-14(17)11(3)16-21(18,19)13-8-6-12(7-9-13)20-5-2/h4,6-9,11,16H,1,5,10H2,2-3H3,(H,15,17)/t11-/m0/s1. The molecule has 1 aromatic carbocycles. The molecule has 0 aliphatic carbocycles. The molecule has 0 fully saturated rings. The maximum absolute atomic E-state index is 12.1. The van der Waals surface area contributed by atoms with E-state index < -0.39 is 22.0 Å². The summed E-state index contributed by atoms with van der Waals surface area (Å²) in [4.78, 5) is 11.7. The van der Waals surface area contributed by atoms with Crippen molar-refractivity contribution in [1.29, 1.82) is 0 Å². The maximum Gasteiger partial charge on any atom is 0.241 e. The van der Waals surface area contributed by atoms with Gasteiger partial charge in [-0.3, -0.25) is 4.79 Å². The summed E-state index contributed by atoms with van der Waals surface area (Å²) in [6.45, 7) is 7.58. The number of nitrogens with one attached hydrogen (secondary N) is 2. The van der Waals surface area contributed by atoms with Crippen LogP contribution in [-0.4, -0.2) is 33.5 Å². The number of rotatable bonds is 8. The number of carbonyl (C=O) groups excluding carboxylic acids is 1. The lowest BCUT2D eigenvalue weighted by atomic mass is 10.3. The van der Waals surface area contributed by atoms with Crippen LogP contribution in [0.5, 0.6) is 5.75 Å². The van der Waals surface area contributed by atoms with Gasteiger partial charge < -0.3 is 10.1 Å². The van der Waals surface area contributed by atoms with Crippen LogP contribution in [0.15, 0.2) is 41.8 Å². The zero-order valence-electron chi connectivity index (χ0n) is 12.1. The lowest BCUT2D eigenvalue weighted by Gasteiger charge is -2.14. The highest BCUT2D eigenvalue weighted by Crippen LogP contribution is 2.16. The first-order chi connectivity index (χ1) is 9.90. The number of amides is 1. The smallest absolute Gasteiger partial charge is 0.241 e. The fourth-order valence-electron chi connectivity index (χ4n) is 1.56. The number of carbonyl (C=O) groups is 1. The van der Waals surface area contributed by atoms with E-state index in [-0.39, 0.29) is 11.4 Å². The second kappa shape index (κ2) is 7.80. The molecule has 0 bridgehead atoms. The SMILES string of the molecule is C=CCNC(=O)[C@H](C)NS(=O)(=O)c1ccc(OCC)cc1. The van der Waals surface area contributed by atoms with Gasteiger partial charge in [0.25, 0.3) is 0 Å². The summed E-state index contributed by atoms with van der Waals surface area (Å²) >= 11 is 0. The van der Waals surface area contributed by atoms with E-state index in [2.05, 4.69) is 16.6 Å². The Bertz CT molecular complexity index is 581. The van der Waals surface area contributed by atoms with E-state index in [1.54, 1.807) is 12.1 Å². The zero-order valence-corrected chi connectivity index (χ0v) is 12.9. The quantitative estimate of drug-likeness (QED) is 0.703. The average Bonchev–Trinajstić information content (AvgIpc) is 2.45. The highest BCUT2D eigenvalue weighted by Gasteiger charge is 2.21. The highest BCUT2D eigenvalue weighted by molar-refractivity contribution is 7.89. The molecule has 2 N–H and O–H groups in total. The van der Waals surface area contributed by atoms with E-state index in [1.807, 2.05) is 6.92 Å². The summed E-state index contributed by atoms with van der Waals surface area (Å²) in [5.74, 6) is 0.178. The zero-order chi connectivity index (χ0) is 15.9. The molecule has 1 amide bonds. The summed E-state index contributed by atoms with van der Waals surface area (Å²) in [5, 5.41) is 2.53. The van der Waals surface area contributed by atoms with Crippen molar-refractivity contribution in [2.24, 2.45) is 0 Å². The Morgan fingerprint density at radius 3 is 2.52 bits per heavy atom. The van der Waals surface area contributed by atoms with Crippen molar-refractivity contribution >= 4 is 15.9 Å². The molecule has 0 radical (unpaired) electrons. The van der Waals surface area contributed by atoms with Crippen LogP contribution in [-0.2, 0) is 14.8 Å². The maximum atomic E-state index is 12.1. The number of ether oxygens (including phenoxy) is 1. The van der Waals surface area contributed by atoms with Crippen LogP contribution in [0, 0.1) is 0 Å². The van der Waals surface area contributed by atoms with Gasteiger partial charge in [-0.2, -0.15) is 4.72 Å². The third-order valence-electron chi connectivity index (χ3n) is 2.59. The Morgan fingerprint density at radius 1 is 1.38 bits per heavy atom. The number of benzene rings is 1. The highest BCUT2D eigenvalue weighted by atomic mass is 32.2. The average molecular weight is 312 g/mol. The molecule has 0 saturated heterocycles. The molecule has 0 aliphatic heterocycles. The fourth-order valence-corrected chi connectivity index (χ4v) is 2.76. The van der Waals surface area contributed by atoms with Crippen LogP contribution in [0.2, 0.25) is 0 Å². The van der Waals surface area contributed by atoms with Crippen molar-refractivity contribution < 1.29 is 17.9 Å². The Labute approximate surface area is 125 Å². The van der Waals surface area contributed by atoms with Crippen molar-refractivity contribution in [2.45, 2.75) is 24.8 Å². The van der Waals surface area contributed by atoms with Crippen LogP contribution in [0.4, 0.5) is 0 Å². The molecule has 0 spiro atoms. The van der Waals surface area contributed by atoms with Crippen molar-refractivity contribution in [3.63, 3.8) is 0 Å². The van der Waals surface area contributed by atoms with E-state index >= 15 is 0 Å². The van der Waals surface area contributed by atoms with Crippen LogP contribution in [0.1, 0.15) is 13.8 Å². The van der Waals surface area contributed by atoms with Gasteiger partial charge in [0.2, 0.25) is 15.9 Å². The van der Waals surface area contributed by atoms with Crippen LogP contribution in [0.25, 0.3) is 0 Å². The van der Waals surface area contributed by atoms with Gasteiger partial charge in [-0.05, 0) is 38.1 Å². The van der Waals surface area contributed by atoms with E-state index in [9.17, 15) is 13.2 Å². The molecule has 6 nitrogen and oxygen atoms in total. The molecule has 0 aromatic heterocycles. The third kappa shape index (κ3) is 5.20. The Kier molecular flexibility index (Phi) is 6.39. The first kappa shape index (κ1) is 17.2. The molecule has 0 aliphatic rings. The molecule has 1 atom stereocenters. The first-order valence-corrected chi connectivity index (χ1v) is 8.02. The Morgan fingerprint density at radius 2 is 2.00 bits per heavy atom. The van der Waals surface area contributed by atoms with Gasteiger partial charge in [0.05, 0.1) is 17.5 Å². The topological polar surface area (TPSA) is 84.5 Å². The summed E-state index contributed by atoms with van der Waals surface area (Å²) in [7, 11) is -3.75. The van der Waals surface area contributed by atoms with Crippen LogP contribution in [0.3, 0.4) is 0 Å². The Hall–Kier alpha value is -1.86. The van der Waals surface area contributed by atoms with Gasteiger partial charge in [-0.25, -0.2) is 8.42 Å². The summed E-state index contributed by atoms with van der Waals surface area (Å²) < 4.78 is 31.8. The van der Waals surface area contributed by atoms with Gasteiger partial charge in [-0.15, -0.1) is 6.58 Å². The fraction of sp³-hybridized carbons (Fsp3) is 0.357. The van der Waals surface area contributed by atoms with Crippen molar-refractivity contribution in [3.8, 4) is 5.75 Å². The summed E-state index contributed by atoms with van der Waals surface area (Å²) in [6, 6.07) is 5.13. The van der Waals surface area contributed by atoms with E-state index in [4.69, 9.17) is 4.74 Å². The molecule has 0 heterocycles. The number of hydrogen-bond donors (Lipinski definition) is 2. The van der Waals surface area contributed by atoms with Crippen molar-refractivity contribution in [1.82, 2.24) is 10.0 Å². The van der Waals surface area contributed by atoms with E-state index in [0.717, 1.165) is 0 Å². The van der Waals surface area contributed by atoms with Gasteiger partial charge in [-0.1, -0.05) is 6.08 Å². The molecular weight excluding hydrogens is 292 g/mol. The predicted octanol–water partition coefficient (Wildman–Crippen LogP) is 1.05. The second-order valence-electron chi connectivity index (χ2n) is 4.28. The van der Waals surface area contributed by atoms with E-state index in [0.29, 0.717) is 12.4 Å². The molecule has 1 rings (SSSR count). The van der Waals surface area contributed by atoms with Crippen molar-refractivity contribution in [3.05, 3.63) is 36.9 Å². The van der Waals surface area contributed by atoms with Gasteiger partial charge in [0.1, 0.15) is 5.75 Å².